The first-order valence-electron chi connectivity index (χ1n) is 13.0. The van der Waals surface area contributed by atoms with E-state index in [9.17, 15) is 18.8 Å². The number of carbonyl (C=O) groups excluding carboxylic acids is 3. The summed E-state index contributed by atoms with van der Waals surface area (Å²) in [5.41, 5.74) is 2.66. The van der Waals surface area contributed by atoms with E-state index in [0.29, 0.717) is 24.3 Å². The van der Waals surface area contributed by atoms with E-state index < -0.39 is 0 Å². The maximum Gasteiger partial charge on any atom is 0.253 e. The van der Waals surface area contributed by atoms with Gasteiger partial charge in [0.1, 0.15) is 5.82 Å². The minimum Gasteiger partial charge on any atom is -0.369 e. The molecule has 2 aromatic carbocycles. The number of nitrogens with zero attached hydrogens (tertiary/aromatic N) is 2. The van der Waals surface area contributed by atoms with E-state index in [4.69, 9.17) is 0 Å². The van der Waals surface area contributed by atoms with Gasteiger partial charge in [-0.2, -0.15) is 0 Å². The first-order chi connectivity index (χ1) is 17.5. The van der Waals surface area contributed by atoms with Gasteiger partial charge in [-0.3, -0.25) is 14.4 Å². The van der Waals surface area contributed by atoms with Crippen molar-refractivity contribution in [3.63, 3.8) is 0 Å². The van der Waals surface area contributed by atoms with E-state index in [1.54, 1.807) is 18.2 Å². The van der Waals surface area contributed by atoms with Gasteiger partial charge in [0.05, 0.1) is 5.56 Å². The van der Waals surface area contributed by atoms with Crippen LogP contribution in [-0.4, -0.2) is 48.8 Å². The average molecular weight is 493 g/mol. The largest absolute Gasteiger partial charge is 0.369 e. The van der Waals surface area contributed by atoms with Crippen molar-refractivity contribution in [2.45, 2.75) is 45.1 Å². The van der Waals surface area contributed by atoms with Crippen LogP contribution < -0.4 is 15.5 Å². The Hall–Kier alpha value is -3.42. The molecule has 0 atom stereocenters. The molecule has 2 saturated carbocycles. The van der Waals surface area contributed by atoms with Gasteiger partial charge in [0, 0.05) is 55.9 Å². The molecule has 2 aromatic rings. The Kier molecular flexibility index (Phi) is 7.20. The number of halogens is 1. The maximum atomic E-state index is 13.4. The average Bonchev–Trinajstić information content (AvgIpc) is 3.69. The molecule has 0 bridgehead atoms. The topological polar surface area (TPSA) is 81.8 Å². The highest BCUT2D eigenvalue weighted by Gasteiger charge is 2.34. The molecule has 0 unspecified atom stereocenters. The molecule has 3 amide bonds. The van der Waals surface area contributed by atoms with Crippen LogP contribution in [0.15, 0.2) is 42.5 Å². The predicted molar refractivity (Wildman–Crippen MR) is 136 cm³/mol. The summed E-state index contributed by atoms with van der Waals surface area (Å²) in [5, 5.41) is 5.91. The van der Waals surface area contributed by atoms with Gasteiger partial charge in [-0.05, 0) is 68.0 Å². The van der Waals surface area contributed by atoms with E-state index in [0.717, 1.165) is 62.9 Å². The SMILES string of the molecule is O=C(NCc1ccc(F)cc1)c1cc(NC(=O)C2CCC2)ccc1N1CCCN(C(=O)C2CC2)CC1. The fourth-order valence-electron chi connectivity index (χ4n) is 4.83. The van der Waals surface area contributed by atoms with Crippen LogP contribution >= 0.6 is 0 Å². The molecule has 5 rings (SSSR count). The first kappa shape index (κ1) is 24.3. The van der Waals surface area contributed by atoms with Gasteiger partial charge < -0.3 is 20.4 Å². The number of benzene rings is 2. The lowest BCUT2D eigenvalue weighted by Crippen LogP contribution is -2.36. The molecule has 0 spiro atoms. The molecule has 8 heteroatoms. The number of anilines is 2. The summed E-state index contributed by atoms with van der Waals surface area (Å²) in [6.45, 7) is 3.01. The second kappa shape index (κ2) is 10.7. The summed E-state index contributed by atoms with van der Waals surface area (Å²) in [7, 11) is 0. The molecule has 2 aliphatic carbocycles. The van der Waals surface area contributed by atoms with Crippen LogP contribution in [0.25, 0.3) is 0 Å². The van der Waals surface area contributed by atoms with Crippen molar-refractivity contribution in [2.75, 3.05) is 36.4 Å². The minimum atomic E-state index is -0.322. The van der Waals surface area contributed by atoms with Crippen LogP contribution in [0, 0.1) is 17.7 Å². The third kappa shape index (κ3) is 5.69. The molecule has 36 heavy (non-hydrogen) atoms. The maximum absolute atomic E-state index is 13.4. The summed E-state index contributed by atoms with van der Waals surface area (Å²) in [5.74, 6) is -0.0929. The van der Waals surface area contributed by atoms with Crippen LogP contribution in [-0.2, 0) is 16.1 Å². The molecule has 3 aliphatic rings. The third-order valence-electron chi connectivity index (χ3n) is 7.43. The number of amides is 3. The highest BCUT2D eigenvalue weighted by molar-refractivity contribution is 6.02. The van der Waals surface area contributed by atoms with Crippen molar-refractivity contribution in [2.24, 2.45) is 11.8 Å². The molecule has 1 aliphatic heterocycles. The smallest absolute Gasteiger partial charge is 0.253 e. The Bertz CT molecular complexity index is 1130. The van der Waals surface area contributed by atoms with Gasteiger partial charge in [0.2, 0.25) is 11.8 Å². The van der Waals surface area contributed by atoms with E-state index in [-0.39, 0.29) is 41.9 Å². The standard InChI is InChI=1S/C28H33FN4O3/c29-22-9-5-19(6-10-22)18-30-27(35)24-17-23(31-26(34)20-3-1-4-20)11-12-25(24)32-13-2-14-33(16-15-32)28(36)21-7-8-21/h5-6,9-12,17,20-21H,1-4,7-8,13-16,18H2,(H,30,35)(H,31,34). The summed E-state index contributed by atoms with van der Waals surface area (Å²) >= 11 is 0. The van der Waals surface area contributed by atoms with Crippen molar-refractivity contribution < 1.29 is 18.8 Å². The molecule has 7 nitrogen and oxygen atoms in total. The van der Waals surface area contributed by atoms with Crippen LogP contribution in [0.3, 0.4) is 0 Å². The molecular weight excluding hydrogens is 459 g/mol. The van der Waals surface area contributed by atoms with Gasteiger partial charge in [-0.1, -0.05) is 18.6 Å². The minimum absolute atomic E-state index is 0.00401. The van der Waals surface area contributed by atoms with E-state index >= 15 is 0 Å². The van der Waals surface area contributed by atoms with Gasteiger partial charge in [-0.15, -0.1) is 0 Å². The van der Waals surface area contributed by atoms with Gasteiger partial charge in [0.25, 0.3) is 5.91 Å². The number of rotatable bonds is 7. The second-order valence-corrected chi connectivity index (χ2v) is 10.1. The summed E-state index contributed by atoms with van der Waals surface area (Å²) in [6, 6.07) is 11.5. The van der Waals surface area contributed by atoms with Crippen LogP contribution in [0.1, 0.15) is 54.4 Å². The van der Waals surface area contributed by atoms with Gasteiger partial charge >= 0.3 is 0 Å². The first-order valence-corrected chi connectivity index (χ1v) is 13.0. The van der Waals surface area contributed by atoms with E-state index in [1.807, 2.05) is 17.0 Å². The number of hydrogen-bond acceptors (Lipinski definition) is 4. The lowest BCUT2D eigenvalue weighted by Gasteiger charge is -2.27. The molecule has 1 saturated heterocycles. The molecule has 190 valence electrons. The van der Waals surface area contributed by atoms with Crippen molar-refractivity contribution in [1.82, 2.24) is 10.2 Å². The zero-order valence-corrected chi connectivity index (χ0v) is 20.5. The normalized spacial score (nSPS) is 18.2. The van der Waals surface area contributed by atoms with Gasteiger partial charge in [0.15, 0.2) is 0 Å². The Labute approximate surface area is 211 Å². The van der Waals surface area contributed by atoms with Crippen molar-refractivity contribution >= 4 is 29.1 Å². The quantitative estimate of drug-likeness (QED) is 0.614. The monoisotopic (exact) mass is 492 g/mol. The van der Waals surface area contributed by atoms with Gasteiger partial charge in [-0.25, -0.2) is 4.39 Å². The highest BCUT2D eigenvalue weighted by atomic mass is 19.1. The lowest BCUT2D eigenvalue weighted by molar-refractivity contribution is -0.132. The van der Waals surface area contributed by atoms with Crippen molar-refractivity contribution in [3.05, 3.63) is 59.4 Å². The predicted octanol–water partition coefficient (Wildman–Crippen LogP) is 3.94. The van der Waals surface area contributed by atoms with Crippen LogP contribution in [0.4, 0.5) is 15.8 Å². The van der Waals surface area contributed by atoms with E-state index in [1.165, 1.54) is 12.1 Å². The molecule has 0 radical (unpaired) electrons. The van der Waals surface area contributed by atoms with Crippen molar-refractivity contribution in [1.29, 1.82) is 0 Å². The van der Waals surface area contributed by atoms with Crippen LogP contribution in [0.5, 0.6) is 0 Å². The number of hydrogen-bond donors (Lipinski definition) is 2. The highest BCUT2D eigenvalue weighted by Crippen LogP contribution is 2.32. The Morgan fingerprint density at radius 3 is 2.33 bits per heavy atom. The number of nitrogens with one attached hydrogen (secondary N) is 2. The van der Waals surface area contributed by atoms with Crippen molar-refractivity contribution in [3.8, 4) is 0 Å². The van der Waals surface area contributed by atoms with E-state index in [2.05, 4.69) is 15.5 Å². The number of carbonyl (C=O) groups is 3. The second-order valence-electron chi connectivity index (χ2n) is 10.1. The Balaban J connectivity index is 1.34. The summed E-state index contributed by atoms with van der Waals surface area (Å²) in [6.07, 6.45) is 5.69. The lowest BCUT2D eigenvalue weighted by atomic mass is 9.85. The zero-order valence-electron chi connectivity index (χ0n) is 20.5. The fraction of sp³-hybridized carbons (Fsp3) is 0.464. The summed E-state index contributed by atoms with van der Waals surface area (Å²) < 4.78 is 13.3. The fourth-order valence-corrected chi connectivity index (χ4v) is 4.83. The van der Waals surface area contributed by atoms with Crippen LogP contribution in [0.2, 0.25) is 0 Å². The Morgan fingerprint density at radius 2 is 1.64 bits per heavy atom. The Morgan fingerprint density at radius 1 is 0.861 bits per heavy atom. The molecule has 1 heterocycles. The zero-order chi connectivity index (χ0) is 25.1. The summed E-state index contributed by atoms with van der Waals surface area (Å²) in [4.78, 5) is 42.6. The third-order valence-corrected chi connectivity index (χ3v) is 7.43. The molecule has 2 N–H and O–H groups in total. The molecular formula is C28H33FN4O3. The molecule has 0 aromatic heterocycles. The molecule has 3 fully saturated rings.